The number of benzene rings is 2. The number of hydrogen-bond acceptors (Lipinski definition) is 8. The standard InChI is InChI=1S/C23H24N4O4S2/c1-31-22(30)18(14-32-13-16-8-4-2-5-9-16)25-21(29)15-33-23-26-20(28)12-19(24)27(23)17-10-6-3-7-11-17/h2-12,18H,13-15,24H2,1H3,(H,25,29). The molecule has 1 heterocycles. The van der Waals surface area contributed by atoms with Crippen molar-refractivity contribution in [2.45, 2.75) is 17.0 Å². The summed E-state index contributed by atoms with van der Waals surface area (Å²) >= 11 is 2.58. The molecule has 0 spiro atoms. The van der Waals surface area contributed by atoms with E-state index in [4.69, 9.17) is 10.5 Å². The van der Waals surface area contributed by atoms with Crippen LogP contribution in [0.4, 0.5) is 5.82 Å². The molecule has 1 unspecified atom stereocenters. The minimum atomic E-state index is -0.790. The summed E-state index contributed by atoms with van der Waals surface area (Å²) < 4.78 is 6.44. The molecule has 0 saturated carbocycles. The van der Waals surface area contributed by atoms with Gasteiger partial charge in [0.15, 0.2) is 5.16 Å². The second-order valence-corrected chi connectivity index (χ2v) is 8.88. The van der Waals surface area contributed by atoms with Crippen LogP contribution in [0.1, 0.15) is 5.56 Å². The summed E-state index contributed by atoms with van der Waals surface area (Å²) in [6, 6.07) is 19.5. The van der Waals surface area contributed by atoms with Crippen molar-refractivity contribution in [2.24, 2.45) is 0 Å². The van der Waals surface area contributed by atoms with Gasteiger partial charge in [-0.1, -0.05) is 60.3 Å². The SMILES string of the molecule is COC(=O)C(CSCc1ccccc1)NC(=O)CSc1nc(=O)cc(N)n1-c1ccccc1. The molecule has 0 radical (unpaired) electrons. The third-order valence-electron chi connectivity index (χ3n) is 4.49. The number of carbonyl (C=O) groups excluding carboxylic acids is 2. The van der Waals surface area contributed by atoms with Gasteiger partial charge in [-0.2, -0.15) is 16.7 Å². The molecule has 0 aliphatic carbocycles. The van der Waals surface area contributed by atoms with Gasteiger partial charge in [-0.3, -0.25) is 14.2 Å². The van der Waals surface area contributed by atoms with Crippen LogP contribution < -0.4 is 16.6 Å². The first kappa shape index (κ1) is 24.4. The van der Waals surface area contributed by atoms with Gasteiger partial charge in [0.05, 0.1) is 12.9 Å². The zero-order chi connectivity index (χ0) is 23.6. The molecule has 0 bridgehead atoms. The zero-order valence-corrected chi connectivity index (χ0v) is 19.6. The molecule has 2 aromatic carbocycles. The Bertz CT molecular complexity index is 1140. The molecule has 0 aliphatic rings. The summed E-state index contributed by atoms with van der Waals surface area (Å²) in [6.07, 6.45) is 0. The van der Waals surface area contributed by atoms with E-state index >= 15 is 0 Å². The molecule has 33 heavy (non-hydrogen) atoms. The lowest BCUT2D eigenvalue weighted by atomic mass is 10.2. The maximum atomic E-state index is 12.6. The van der Waals surface area contributed by atoms with E-state index in [0.717, 1.165) is 23.0 Å². The Morgan fingerprint density at radius 2 is 1.79 bits per heavy atom. The van der Waals surface area contributed by atoms with Crippen LogP contribution in [0.2, 0.25) is 0 Å². The van der Waals surface area contributed by atoms with E-state index in [1.807, 2.05) is 60.7 Å². The number of rotatable bonds is 10. The molecule has 0 aliphatic heterocycles. The fourth-order valence-electron chi connectivity index (χ4n) is 2.96. The molecule has 1 aromatic heterocycles. The van der Waals surface area contributed by atoms with Crippen molar-refractivity contribution in [2.75, 3.05) is 24.3 Å². The molecule has 3 N–H and O–H groups in total. The van der Waals surface area contributed by atoms with E-state index in [1.54, 1.807) is 4.57 Å². The summed E-state index contributed by atoms with van der Waals surface area (Å²) in [7, 11) is 1.29. The molecule has 3 aromatic rings. The van der Waals surface area contributed by atoms with Crippen LogP contribution in [0.25, 0.3) is 5.69 Å². The molecule has 1 amide bonds. The molecule has 8 nitrogen and oxygen atoms in total. The average molecular weight is 485 g/mol. The number of carbonyl (C=O) groups is 2. The predicted molar refractivity (Wildman–Crippen MR) is 132 cm³/mol. The number of aromatic nitrogens is 2. The van der Waals surface area contributed by atoms with E-state index in [1.165, 1.54) is 24.9 Å². The van der Waals surface area contributed by atoms with Gasteiger partial charge in [-0.25, -0.2) is 4.79 Å². The predicted octanol–water partition coefficient (Wildman–Crippen LogP) is 2.50. The van der Waals surface area contributed by atoms with Crippen LogP contribution in [0, 0.1) is 0 Å². The van der Waals surface area contributed by atoms with Gasteiger partial charge >= 0.3 is 5.97 Å². The van der Waals surface area contributed by atoms with Crippen molar-refractivity contribution < 1.29 is 14.3 Å². The smallest absolute Gasteiger partial charge is 0.329 e. The van der Waals surface area contributed by atoms with Crippen LogP contribution in [0.15, 0.2) is 76.7 Å². The number of nitrogens with two attached hydrogens (primary N) is 1. The van der Waals surface area contributed by atoms with Crippen LogP contribution in [0.3, 0.4) is 0 Å². The van der Waals surface area contributed by atoms with Crippen molar-refractivity contribution >= 4 is 41.2 Å². The molecule has 1 atom stereocenters. The Balaban J connectivity index is 1.64. The Labute approximate surface area is 199 Å². The summed E-state index contributed by atoms with van der Waals surface area (Å²) in [6.45, 7) is 0. The number of ether oxygens (including phenoxy) is 1. The molecule has 0 fully saturated rings. The van der Waals surface area contributed by atoms with Crippen LogP contribution in [-0.2, 0) is 20.1 Å². The van der Waals surface area contributed by atoms with Gasteiger partial charge in [0.1, 0.15) is 11.9 Å². The normalized spacial score (nSPS) is 11.5. The quantitative estimate of drug-likeness (QED) is 0.256. The van der Waals surface area contributed by atoms with Gasteiger partial charge in [0.25, 0.3) is 5.56 Å². The number of thioether (sulfide) groups is 2. The lowest BCUT2D eigenvalue weighted by molar-refractivity contribution is -0.144. The van der Waals surface area contributed by atoms with Crippen molar-refractivity contribution in [3.63, 3.8) is 0 Å². The van der Waals surface area contributed by atoms with Gasteiger partial charge < -0.3 is 15.8 Å². The van der Waals surface area contributed by atoms with Gasteiger partial charge in [-0.05, 0) is 17.7 Å². The van der Waals surface area contributed by atoms with Crippen LogP contribution >= 0.6 is 23.5 Å². The average Bonchev–Trinajstić information content (AvgIpc) is 2.82. The molecule has 0 saturated heterocycles. The maximum absolute atomic E-state index is 12.6. The zero-order valence-electron chi connectivity index (χ0n) is 18.0. The van der Waals surface area contributed by atoms with Crippen molar-refractivity contribution in [1.82, 2.24) is 14.9 Å². The highest BCUT2D eigenvalue weighted by Crippen LogP contribution is 2.22. The first-order chi connectivity index (χ1) is 16.0. The maximum Gasteiger partial charge on any atom is 0.329 e. The molecule has 3 rings (SSSR count). The fourth-order valence-corrected chi connectivity index (χ4v) is 4.80. The molecule has 172 valence electrons. The number of nitrogens with zero attached hydrogens (tertiary/aromatic N) is 2. The highest BCUT2D eigenvalue weighted by Gasteiger charge is 2.22. The summed E-state index contributed by atoms with van der Waals surface area (Å²) in [5, 5.41) is 3.00. The second-order valence-electron chi connectivity index (χ2n) is 6.91. The van der Waals surface area contributed by atoms with Crippen molar-refractivity contribution in [3.05, 3.63) is 82.6 Å². The Morgan fingerprint density at radius 1 is 1.12 bits per heavy atom. The number of para-hydroxylation sites is 1. The number of esters is 1. The number of anilines is 1. The number of nitrogens with one attached hydrogen (secondary N) is 1. The van der Waals surface area contributed by atoms with Crippen LogP contribution in [0.5, 0.6) is 0 Å². The fraction of sp³-hybridized carbons (Fsp3) is 0.217. The highest BCUT2D eigenvalue weighted by molar-refractivity contribution is 7.99. The van der Waals surface area contributed by atoms with E-state index in [9.17, 15) is 14.4 Å². The Kier molecular flexibility index (Phi) is 8.96. The third kappa shape index (κ3) is 7.13. The monoisotopic (exact) mass is 484 g/mol. The van der Waals surface area contributed by atoms with Crippen LogP contribution in [-0.4, -0.2) is 46.1 Å². The lowest BCUT2D eigenvalue weighted by Gasteiger charge is -2.17. The van der Waals surface area contributed by atoms with Gasteiger partial charge in [0, 0.05) is 23.3 Å². The molecular weight excluding hydrogens is 460 g/mol. The largest absolute Gasteiger partial charge is 0.467 e. The topological polar surface area (TPSA) is 116 Å². The second kappa shape index (κ2) is 12.1. The minimum Gasteiger partial charge on any atom is -0.467 e. The first-order valence-corrected chi connectivity index (χ1v) is 12.2. The molecular formula is C23H24N4O4S2. The summed E-state index contributed by atoms with van der Waals surface area (Å²) in [4.78, 5) is 40.7. The number of amides is 1. The van der Waals surface area contributed by atoms with E-state index in [-0.39, 0.29) is 22.6 Å². The van der Waals surface area contributed by atoms with Crippen molar-refractivity contribution in [1.29, 1.82) is 0 Å². The molecule has 10 heteroatoms. The summed E-state index contributed by atoms with van der Waals surface area (Å²) in [5.41, 5.74) is 7.40. The highest BCUT2D eigenvalue weighted by atomic mass is 32.2. The number of nitrogen functional groups attached to an aromatic ring is 1. The van der Waals surface area contributed by atoms with E-state index in [0.29, 0.717) is 11.5 Å². The minimum absolute atomic E-state index is 0.0560. The first-order valence-electron chi connectivity index (χ1n) is 10.0. The Hall–Kier alpha value is -3.24. The number of hydrogen-bond donors (Lipinski definition) is 2. The van der Waals surface area contributed by atoms with E-state index < -0.39 is 17.6 Å². The van der Waals surface area contributed by atoms with Crippen molar-refractivity contribution in [3.8, 4) is 5.69 Å². The van der Waals surface area contributed by atoms with Gasteiger partial charge in [-0.15, -0.1) is 0 Å². The lowest BCUT2D eigenvalue weighted by Crippen LogP contribution is -2.44. The third-order valence-corrected chi connectivity index (χ3v) is 6.54. The summed E-state index contributed by atoms with van der Waals surface area (Å²) in [5.74, 6) is 0.330. The van der Waals surface area contributed by atoms with Gasteiger partial charge in [0.2, 0.25) is 5.91 Å². The number of methoxy groups -OCH3 is 1. The Morgan fingerprint density at radius 3 is 2.45 bits per heavy atom. The van der Waals surface area contributed by atoms with E-state index in [2.05, 4.69) is 10.3 Å².